The van der Waals surface area contributed by atoms with Gasteiger partial charge >= 0.3 is 0 Å². The van der Waals surface area contributed by atoms with Crippen molar-refractivity contribution in [1.82, 2.24) is 15.4 Å². The summed E-state index contributed by atoms with van der Waals surface area (Å²) in [6.45, 7) is 0.824. The topological polar surface area (TPSA) is 76.5 Å². The predicted molar refractivity (Wildman–Crippen MR) is 173 cm³/mol. The van der Waals surface area contributed by atoms with Gasteiger partial charge in [0.05, 0.1) is 22.4 Å². The number of fused-ring (bicyclic) bond motifs is 2. The van der Waals surface area contributed by atoms with E-state index >= 15 is 0 Å². The van der Waals surface area contributed by atoms with Crippen LogP contribution in [0.5, 0.6) is 11.5 Å². The minimum Gasteiger partial charge on any atom is -0.487 e. The summed E-state index contributed by atoms with van der Waals surface area (Å²) in [4.78, 5) is 9.46. The Labute approximate surface area is 257 Å². The number of nitrogens with zero attached hydrogens (tertiary/aromatic N) is 2. The highest BCUT2D eigenvalue weighted by molar-refractivity contribution is 5.79. The van der Waals surface area contributed by atoms with Gasteiger partial charge < -0.3 is 14.7 Å². The molecule has 0 aliphatic heterocycles. The number of ether oxygens (including phenoxy) is 2. The van der Waals surface area contributed by atoms with Crippen LogP contribution in [0.25, 0.3) is 21.8 Å². The maximum atomic E-state index is 9.60. The standard InChI is InChI=1S/C38H35N3O3/c42-41-31-21-23-38(24-22-31,29-11-17-34(18-12-29)43-25-32-15-9-27-5-1-3-7-36(27)39-32)30-13-19-35(20-14-30)44-26-33-16-10-28-6-2-4-8-37(28)40-33/h1-20,31,41-42H,21-26H2. The highest BCUT2D eigenvalue weighted by Gasteiger charge is 2.38. The van der Waals surface area contributed by atoms with E-state index in [1.165, 1.54) is 11.1 Å². The van der Waals surface area contributed by atoms with E-state index in [0.29, 0.717) is 13.2 Å². The van der Waals surface area contributed by atoms with Crippen molar-refractivity contribution >= 4 is 21.8 Å². The summed E-state index contributed by atoms with van der Waals surface area (Å²) >= 11 is 0. The van der Waals surface area contributed by atoms with E-state index in [1.54, 1.807) is 0 Å². The van der Waals surface area contributed by atoms with E-state index in [2.05, 4.69) is 78.3 Å². The van der Waals surface area contributed by atoms with Crippen LogP contribution in [-0.4, -0.2) is 21.2 Å². The normalized spacial score (nSPS) is 14.9. The zero-order valence-corrected chi connectivity index (χ0v) is 24.5. The Kier molecular flexibility index (Phi) is 7.93. The van der Waals surface area contributed by atoms with Crippen LogP contribution in [0.1, 0.15) is 48.2 Å². The molecule has 6 heteroatoms. The Bertz CT molecular complexity index is 1740. The number of pyridine rings is 2. The largest absolute Gasteiger partial charge is 0.487 e. The molecule has 0 amide bonds. The van der Waals surface area contributed by atoms with E-state index in [9.17, 15) is 5.21 Å². The number of rotatable bonds is 9. The van der Waals surface area contributed by atoms with Gasteiger partial charge in [-0.1, -0.05) is 72.8 Å². The lowest BCUT2D eigenvalue weighted by atomic mass is 9.64. The second-order valence-corrected chi connectivity index (χ2v) is 11.6. The Morgan fingerprint density at radius 2 is 1.05 bits per heavy atom. The molecule has 0 radical (unpaired) electrons. The summed E-state index contributed by atoms with van der Waals surface area (Å²) in [6, 6.07) is 41.5. The van der Waals surface area contributed by atoms with Crippen molar-refractivity contribution in [2.24, 2.45) is 0 Å². The summed E-state index contributed by atoms with van der Waals surface area (Å²) in [5, 5.41) is 11.9. The molecule has 44 heavy (non-hydrogen) atoms. The molecule has 0 atom stereocenters. The lowest BCUT2D eigenvalue weighted by Gasteiger charge is -2.41. The van der Waals surface area contributed by atoms with Crippen LogP contribution >= 0.6 is 0 Å². The molecule has 0 bridgehead atoms. The molecule has 1 aliphatic rings. The van der Waals surface area contributed by atoms with Gasteiger partial charge in [0, 0.05) is 22.2 Å². The third-order valence-electron chi connectivity index (χ3n) is 8.92. The van der Waals surface area contributed by atoms with E-state index in [-0.39, 0.29) is 11.5 Å². The number of hydroxylamine groups is 1. The van der Waals surface area contributed by atoms with Crippen LogP contribution in [-0.2, 0) is 18.6 Å². The van der Waals surface area contributed by atoms with Gasteiger partial charge in [-0.3, -0.25) is 0 Å². The molecule has 2 aromatic heterocycles. The second-order valence-electron chi connectivity index (χ2n) is 11.6. The third-order valence-corrected chi connectivity index (χ3v) is 8.92. The van der Waals surface area contributed by atoms with Crippen molar-refractivity contribution in [2.75, 3.05) is 0 Å². The summed E-state index contributed by atoms with van der Waals surface area (Å²) in [5.41, 5.74) is 8.58. The Morgan fingerprint density at radius 3 is 1.50 bits per heavy atom. The first-order chi connectivity index (χ1) is 21.7. The van der Waals surface area contributed by atoms with Crippen LogP contribution in [0.4, 0.5) is 0 Å². The van der Waals surface area contributed by atoms with E-state index < -0.39 is 0 Å². The molecule has 1 saturated carbocycles. The summed E-state index contributed by atoms with van der Waals surface area (Å²) < 4.78 is 12.3. The van der Waals surface area contributed by atoms with Crippen LogP contribution in [0.2, 0.25) is 0 Å². The fourth-order valence-electron chi connectivity index (χ4n) is 6.42. The Balaban J connectivity index is 1.06. The van der Waals surface area contributed by atoms with Crippen molar-refractivity contribution in [3.05, 3.63) is 144 Å². The van der Waals surface area contributed by atoms with Gasteiger partial charge in [-0.25, -0.2) is 15.4 Å². The molecule has 7 rings (SSSR count). The van der Waals surface area contributed by atoms with Gasteiger partial charge in [-0.15, -0.1) is 0 Å². The van der Waals surface area contributed by atoms with Crippen molar-refractivity contribution in [2.45, 2.75) is 50.4 Å². The molecule has 0 spiro atoms. The summed E-state index contributed by atoms with van der Waals surface area (Å²) in [7, 11) is 0. The summed E-state index contributed by atoms with van der Waals surface area (Å²) in [5.74, 6) is 1.63. The first-order valence-corrected chi connectivity index (χ1v) is 15.2. The number of aromatic nitrogens is 2. The molecule has 1 fully saturated rings. The van der Waals surface area contributed by atoms with Gasteiger partial charge in [-0.05, 0) is 85.3 Å². The Morgan fingerprint density at radius 1 is 0.591 bits per heavy atom. The lowest BCUT2D eigenvalue weighted by Crippen LogP contribution is -2.39. The Hall–Kier alpha value is -4.78. The highest BCUT2D eigenvalue weighted by Crippen LogP contribution is 2.45. The van der Waals surface area contributed by atoms with E-state index in [1.807, 2.05) is 48.5 Å². The molecule has 1 aliphatic carbocycles. The minimum atomic E-state index is -0.162. The number of hydrogen-bond donors (Lipinski definition) is 2. The van der Waals surface area contributed by atoms with Crippen molar-refractivity contribution in [1.29, 1.82) is 0 Å². The van der Waals surface area contributed by atoms with E-state index in [4.69, 9.17) is 19.4 Å². The molecular formula is C38H35N3O3. The number of para-hydroxylation sites is 2. The number of hydrogen-bond acceptors (Lipinski definition) is 6. The molecule has 4 aromatic carbocycles. The highest BCUT2D eigenvalue weighted by atomic mass is 16.5. The number of nitrogens with one attached hydrogen (secondary N) is 1. The second kappa shape index (κ2) is 12.4. The fraction of sp³-hybridized carbons (Fsp3) is 0.211. The molecule has 2 heterocycles. The number of benzene rings is 4. The SMILES string of the molecule is ONC1CCC(c2ccc(OCc3ccc4ccccc4n3)cc2)(c2ccc(OCc3ccc4ccccc4n3)cc2)CC1. The molecular weight excluding hydrogens is 546 g/mol. The monoisotopic (exact) mass is 581 g/mol. The van der Waals surface area contributed by atoms with Crippen LogP contribution in [0.15, 0.2) is 121 Å². The third kappa shape index (κ3) is 5.87. The first kappa shape index (κ1) is 28.0. The fourth-order valence-corrected chi connectivity index (χ4v) is 6.42. The van der Waals surface area contributed by atoms with Crippen LogP contribution in [0.3, 0.4) is 0 Å². The van der Waals surface area contributed by atoms with Crippen LogP contribution < -0.4 is 15.0 Å². The van der Waals surface area contributed by atoms with Gasteiger partial charge in [-0.2, -0.15) is 0 Å². The van der Waals surface area contributed by atoms with Gasteiger partial charge in [0.2, 0.25) is 0 Å². The van der Waals surface area contributed by atoms with Crippen molar-refractivity contribution in [3.8, 4) is 11.5 Å². The smallest absolute Gasteiger partial charge is 0.130 e. The van der Waals surface area contributed by atoms with Gasteiger partial charge in [0.1, 0.15) is 24.7 Å². The molecule has 0 saturated heterocycles. The maximum absolute atomic E-state index is 9.60. The zero-order chi connectivity index (χ0) is 29.8. The molecule has 2 N–H and O–H groups in total. The van der Waals surface area contributed by atoms with E-state index in [0.717, 1.165) is 70.4 Å². The van der Waals surface area contributed by atoms with Crippen LogP contribution in [0, 0.1) is 0 Å². The molecule has 6 nitrogen and oxygen atoms in total. The average Bonchev–Trinajstić information content (AvgIpc) is 3.10. The quantitative estimate of drug-likeness (QED) is 0.168. The van der Waals surface area contributed by atoms with Gasteiger partial charge in [0.25, 0.3) is 0 Å². The molecule has 6 aromatic rings. The zero-order valence-electron chi connectivity index (χ0n) is 24.5. The van der Waals surface area contributed by atoms with Crippen molar-refractivity contribution in [3.63, 3.8) is 0 Å². The minimum absolute atomic E-state index is 0.109. The average molecular weight is 582 g/mol. The molecule has 220 valence electrons. The maximum Gasteiger partial charge on any atom is 0.130 e. The predicted octanol–water partition coefficient (Wildman–Crippen LogP) is 8.15. The van der Waals surface area contributed by atoms with Crippen molar-refractivity contribution < 1.29 is 14.7 Å². The first-order valence-electron chi connectivity index (χ1n) is 15.2. The van der Waals surface area contributed by atoms with Gasteiger partial charge in [0.15, 0.2) is 0 Å². The summed E-state index contributed by atoms with van der Waals surface area (Å²) in [6.07, 6.45) is 3.61. The molecule has 0 unspecified atom stereocenters. The lowest BCUT2D eigenvalue weighted by molar-refractivity contribution is 0.0957.